The third kappa shape index (κ3) is 3370. The van der Waals surface area contributed by atoms with Gasteiger partial charge in [0.05, 0.1) is 0 Å². The molecule has 0 bridgehead atoms. The molecular formula is C16H46O. The Kier molecular flexibility index (Phi) is 1040. The van der Waals surface area contributed by atoms with E-state index in [1.165, 1.54) is 19.3 Å². The fourth-order valence-corrected chi connectivity index (χ4v) is 0. The van der Waals surface area contributed by atoms with Crippen LogP contribution in [0.3, 0.4) is 0 Å². The highest BCUT2D eigenvalue weighted by Gasteiger charge is 1.95. The van der Waals surface area contributed by atoms with Crippen LogP contribution in [0.2, 0.25) is 0 Å². The standard InChI is InChI=1S/C3H6.6C2H6.CH4O/c1-2-3-1;7*1-2/h1-3H2;6*1-2H3;2H,1H3. The molecule has 1 aliphatic carbocycles. The molecule has 116 valence electrons. The molecule has 1 rings (SSSR count). The van der Waals surface area contributed by atoms with Crippen LogP contribution >= 0.6 is 0 Å². The summed E-state index contributed by atoms with van der Waals surface area (Å²) < 4.78 is 0. The van der Waals surface area contributed by atoms with E-state index < -0.39 is 0 Å². The minimum atomic E-state index is 1.00. The average Bonchev–Trinajstić information content (AvgIpc) is 3.41. The third-order valence-electron chi connectivity index (χ3n) is 0.354. The van der Waals surface area contributed by atoms with Gasteiger partial charge < -0.3 is 5.11 Å². The van der Waals surface area contributed by atoms with Crippen LogP contribution in [0, 0.1) is 0 Å². The summed E-state index contributed by atoms with van der Waals surface area (Å²) in [5.41, 5.74) is 0. The minimum Gasteiger partial charge on any atom is -0.400 e. The zero-order chi connectivity index (χ0) is 16.1. The quantitative estimate of drug-likeness (QED) is 0.496. The van der Waals surface area contributed by atoms with Gasteiger partial charge in [-0.2, -0.15) is 0 Å². The number of aliphatic hydroxyl groups excluding tert-OH is 1. The molecule has 0 aliphatic heterocycles. The lowest BCUT2D eigenvalue weighted by molar-refractivity contribution is 0.399. The molecule has 1 fully saturated rings. The number of hydrogen-bond donors (Lipinski definition) is 1. The van der Waals surface area contributed by atoms with Crippen LogP contribution < -0.4 is 0 Å². The largest absolute Gasteiger partial charge is 0.400 e. The second-order valence-electron chi connectivity index (χ2n) is 1.06. The molecular weight excluding hydrogens is 208 g/mol. The van der Waals surface area contributed by atoms with Gasteiger partial charge in [0.2, 0.25) is 0 Å². The Morgan fingerprint density at radius 2 is 0.412 bits per heavy atom. The van der Waals surface area contributed by atoms with E-state index in [0.717, 1.165) is 7.11 Å². The van der Waals surface area contributed by atoms with E-state index in [2.05, 4.69) is 0 Å². The second kappa shape index (κ2) is 408. The van der Waals surface area contributed by atoms with E-state index in [1.807, 2.05) is 83.1 Å². The summed E-state index contributed by atoms with van der Waals surface area (Å²) in [5.74, 6) is 0. The fraction of sp³-hybridized carbons (Fsp3) is 1.00. The van der Waals surface area contributed by atoms with Gasteiger partial charge >= 0.3 is 0 Å². The smallest absolute Gasteiger partial charge is 0.0319 e. The van der Waals surface area contributed by atoms with Gasteiger partial charge in [0.25, 0.3) is 0 Å². The van der Waals surface area contributed by atoms with Crippen LogP contribution in [0.15, 0.2) is 0 Å². The van der Waals surface area contributed by atoms with Crippen molar-refractivity contribution in [1.29, 1.82) is 0 Å². The fourth-order valence-electron chi connectivity index (χ4n) is 0. The van der Waals surface area contributed by atoms with Crippen LogP contribution in [-0.4, -0.2) is 12.2 Å². The highest BCUT2D eigenvalue weighted by Crippen LogP contribution is 2.14. The second-order valence-corrected chi connectivity index (χ2v) is 1.06. The molecule has 0 aromatic carbocycles. The summed E-state index contributed by atoms with van der Waals surface area (Å²) in [6, 6.07) is 0. The van der Waals surface area contributed by atoms with Crippen molar-refractivity contribution >= 4 is 0 Å². The molecule has 0 spiro atoms. The first-order valence-electron chi connectivity index (χ1n) is 7.95. The lowest BCUT2D eigenvalue weighted by atomic mass is 11.0. The van der Waals surface area contributed by atoms with Crippen molar-refractivity contribution in [2.45, 2.75) is 102 Å². The Bertz CT molecular complexity index is 10.2. The minimum absolute atomic E-state index is 1.00. The van der Waals surface area contributed by atoms with Crippen molar-refractivity contribution in [3.63, 3.8) is 0 Å². The number of hydrogen-bond acceptors (Lipinski definition) is 1. The molecule has 1 heteroatoms. The van der Waals surface area contributed by atoms with E-state index in [1.54, 1.807) is 0 Å². The van der Waals surface area contributed by atoms with Crippen LogP contribution in [-0.2, 0) is 0 Å². The average molecular weight is 255 g/mol. The molecule has 1 saturated carbocycles. The first-order chi connectivity index (χ1) is 8.50. The molecule has 0 heterocycles. The van der Waals surface area contributed by atoms with E-state index in [-0.39, 0.29) is 0 Å². The molecule has 0 unspecified atom stereocenters. The van der Waals surface area contributed by atoms with Crippen molar-refractivity contribution in [2.75, 3.05) is 7.11 Å². The molecule has 0 saturated heterocycles. The molecule has 0 radical (unpaired) electrons. The zero-order valence-electron chi connectivity index (χ0n) is 15.6. The van der Waals surface area contributed by atoms with E-state index in [0.29, 0.717) is 0 Å². The van der Waals surface area contributed by atoms with Gasteiger partial charge in [-0.05, 0) is 0 Å². The zero-order valence-corrected chi connectivity index (χ0v) is 15.6. The van der Waals surface area contributed by atoms with Crippen molar-refractivity contribution in [3.05, 3.63) is 0 Å². The van der Waals surface area contributed by atoms with Gasteiger partial charge in [0, 0.05) is 7.11 Å². The maximum absolute atomic E-state index is 7.00. The molecule has 0 aromatic rings. The molecule has 0 amide bonds. The predicted molar refractivity (Wildman–Crippen MR) is 90.1 cm³/mol. The Morgan fingerprint density at radius 1 is 0.353 bits per heavy atom. The number of aliphatic hydroxyl groups is 1. The Labute approximate surface area is 115 Å². The van der Waals surface area contributed by atoms with Gasteiger partial charge in [0.1, 0.15) is 0 Å². The Hall–Kier alpha value is -0.0400. The summed E-state index contributed by atoms with van der Waals surface area (Å²) in [5, 5.41) is 7.00. The summed E-state index contributed by atoms with van der Waals surface area (Å²) in [7, 11) is 1.00. The molecule has 0 atom stereocenters. The van der Waals surface area contributed by atoms with Crippen LogP contribution in [0.1, 0.15) is 102 Å². The van der Waals surface area contributed by atoms with Gasteiger partial charge in [-0.3, -0.25) is 0 Å². The first-order valence-corrected chi connectivity index (χ1v) is 7.95. The summed E-state index contributed by atoms with van der Waals surface area (Å²) >= 11 is 0. The van der Waals surface area contributed by atoms with E-state index in [4.69, 9.17) is 5.11 Å². The maximum atomic E-state index is 7.00. The van der Waals surface area contributed by atoms with E-state index >= 15 is 0 Å². The lowest BCUT2D eigenvalue weighted by Crippen LogP contribution is -1.25. The molecule has 0 aromatic heterocycles. The molecule has 1 N–H and O–H groups in total. The summed E-state index contributed by atoms with van der Waals surface area (Å²) in [4.78, 5) is 0. The van der Waals surface area contributed by atoms with Gasteiger partial charge in [0.15, 0.2) is 0 Å². The van der Waals surface area contributed by atoms with E-state index in [9.17, 15) is 0 Å². The molecule has 17 heavy (non-hydrogen) atoms. The van der Waals surface area contributed by atoms with Crippen LogP contribution in [0.4, 0.5) is 0 Å². The first kappa shape index (κ1) is 43.5. The molecule has 1 aliphatic rings. The van der Waals surface area contributed by atoms with Crippen LogP contribution in [0.25, 0.3) is 0 Å². The third-order valence-corrected chi connectivity index (χ3v) is 0.354. The van der Waals surface area contributed by atoms with Crippen LogP contribution in [0.5, 0.6) is 0 Å². The normalized spacial score (nSPS) is 6.71. The van der Waals surface area contributed by atoms with Crippen molar-refractivity contribution in [3.8, 4) is 0 Å². The van der Waals surface area contributed by atoms with Gasteiger partial charge in [-0.15, -0.1) is 0 Å². The van der Waals surface area contributed by atoms with Crippen molar-refractivity contribution in [2.24, 2.45) is 0 Å². The number of rotatable bonds is 0. The van der Waals surface area contributed by atoms with Gasteiger partial charge in [-0.1, -0.05) is 102 Å². The van der Waals surface area contributed by atoms with Gasteiger partial charge in [-0.25, -0.2) is 0 Å². The summed E-state index contributed by atoms with van der Waals surface area (Å²) in [6.45, 7) is 24.0. The van der Waals surface area contributed by atoms with Crippen molar-refractivity contribution < 1.29 is 5.11 Å². The maximum Gasteiger partial charge on any atom is 0.0319 e. The lowest BCUT2D eigenvalue weighted by Gasteiger charge is -1.21. The highest BCUT2D eigenvalue weighted by molar-refractivity contribution is 4.50. The monoisotopic (exact) mass is 254 g/mol. The molecule has 1 nitrogen and oxygen atoms in total. The Balaban J connectivity index is -0.0000000136. The predicted octanol–water partition coefficient (Wildman–Crippen LogP) is 6.94. The summed E-state index contributed by atoms with van der Waals surface area (Å²) in [6.07, 6.45) is 4.50. The topological polar surface area (TPSA) is 20.2 Å². The van der Waals surface area contributed by atoms with Crippen molar-refractivity contribution in [1.82, 2.24) is 0 Å². The SMILES string of the molecule is C1CC1.CC.CC.CC.CC.CC.CC.CO. The highest BCUT2D eigenvalue weighted by atomic mass is 16.2. The Morgan fingerprint density at radius 3 is 0.412 bits per heavy atom.